The van der Waals surface area contributed by atoms with Crippen molar-refractivity contribution in [1.29, 1.82) is 0 Å². The Morgan fingerprint density at radius 2 is 1.72 bits per heavy atom. The highest BCUT2D eigenvalue weighted by molar-refractivity contribution is 8.14. The van der Waals surface area contributed by atoms with Crippen molar-refractivity contribution in [2.45, 2.75) is 19.3 Å². The van der Waals surface area contributed by atoms with E-state index in [0.717, 1.165) is 29.7 Å². The highest BCUT2D eigenvalue weighted by Gasteiger charge is 2.19. The molecule has 2 aliphatic rings. The third-order valence-corrected chi connectivity index (χ3v) is 4.34. The molecule has 0 bridgehead atoms. The van der Waals surface area contributed by atoms with Gasteiger partial charge in [-0.1, -0.05) is 42.1 Å². The average molecular weight is 259 g/mol. The lowest BCUT2D eigenvalue weighted by molar-refractivity contribution is 0.347. The Bertz CT molecular complexity index is 461. The quantitative estimate of drug-likeness (QED) is 0.775. The Hall–Kier alpha value is -1.29. The number of thioether (sulfide) groups is 1. The fourth-order valence-corrected chi connectivity index (χ4v) is 3.26. The van der Waals surface area contributed by atoms with E-state index in [1.807, 2.05) is 30.0 Å². The van der Waals surface area contributed by atoms with E-state index in [1.54, 1.807) is 0 Å². The van der Waals surface area contributed by atoms with Crippen LogP contribution in [0.15, 0.2) is 40.5 Å². The van der Waals surface area contributed by atoms with Gasteiger partial charge in [0.05, 0.1) is 5.71 Å². The number of piperidine rings is 1. The Kier molecular flexibility index (Phi) is 3.64. The van der Waals surface area contributed by atoms with E-state index in [0.29, 0.717) is 0 Å². The Labute approximate surface area is 112 Å². The van der Waals surface area contributed by atoms with E-state index >= 15 is 0 Å². The summed E-state index contributed by atoms with van der Waals surface area (Å²) in [5.74, 6) is 0.930. The van der Waals surface area contributed by atoms with Gasteiger partial charge in [0.15, 0.2) is 5.17 Å². The van der Waals surface area contributed by atoms with Crippen LogP contribution in [0.2, 0.25) is 0 Å². The molecule has 4 heteroatoms. The molecule has 2 heterocycles. The molecule has 0 amide bonds. The minimum atomic E-state index is 0.930. The van der Waals surface area contributed by atoms with Crippen LogP contribution in [-0.2, 0) is 0 Å². The maximum absolute atomic E-state index is 4.40. The van der Waals surface area contributed by atoms with Gasteiger partial charge in [0.2, 0.25) is 0 Å². The van der Waals surface area contributed by atoms with Crippen molar-refractivity contribution >= 4 is 22.6 Å². The molecular weight excluding hydrogens is 242 g/mol. The van der Waals surface area contributed by atoms with Crippen LogP contribution in [0.5, 0.6) is 0 Å². The Morgan fingerprint density at radius 1 is 0.944 bits per heavy atom. The zero-order chi connectivity index (χ0) is 12.2. The van der Waals surface area contributed by atoms with Crippen LogP contribution >= 0.6 is 11.8 Å². The van der Waals surface area contributed by atoms with E-state index in [1.165, 1.54) is 24.8 Å². The number of nitrogens with zero attached hydrogens (tertiary/aromatic N) is 3. The highest BCUT2D eigenvalue weighted by Crippen LogP contribution is 2.21. The predicted octanol–water partition coefficient (Wildman–Crippen LogP) is 2.98. The molecule has 3 rings (SSSR count). The third kappa shape index (κ3) is 2.58. The minimum absolute atomic E-state index is 0.930. The molecule has 0 aromatic heterocycles. The van der Waals surface area contributed by atoms with Crippen molar-refractivity contribution < 1.29 is 0 Å². The topological polar surface area (TPSA) is 28.0 Å². The molecule has 1 fully saturated rings. The zero-order valence-corrected chi connectivity index (χ0v) is 11.2. The molecule has 1 aromatic rings. The van der Waals surface area contributed by atoms with E-state index in [4.69, 9.17) is 0 Å². The standard InChI is InChI=1S/C14H17N3S/c1-3-7-12(8-4-1)13-11-18-14(16-15-13)17-9-5-2-6-10-17/h1,3-4,7-8H,2,5-6,9-11H2. The number of benzene rings is 1. The molecule has 0 N–H and O–H groups in total. The maximum atomic E-state index is 4.40. The van der Waals surface area contributed by atoms with E-state index in [9.17, 15) is 0 Å². The first-order valence-corrected chi connectivity index (χ1v) is 7.50. The summed E-state index contributed by atoms with van der Waals surface area (Å²) in [5.41, 5.74) is 2.27. The maximum Gasteiger partial charge on any atom is 0.186 e. The lowest BCUT2D eigenvalue weighted by Gasteiger charge is -2.29. The molecule has 18 heavy (non-hydrogen) atoms. The van der Waals surface area contributed by atoms with Crippen LogP contribution < -0.4 is 0 Å². The molecule has 1 saturated heterocycles. The predicted molar refractivity (Wildman–Crippen MR) is 78.3 cm³/mol. The van der Waals surface area contributed by atoms with Crippen molar-refractivity contribution in [2.24, 2.45) is 10.2 Å². The van der Waals surface area contributed by atoms with Gasteiger partial charge in [-0.25, -0.2) is 0 Å². The van der Waals surface area contributed by atoms with Crippen LogP contribution in [0.3, 0.4) is 0 Å². The van der Waals surface area contributed by atoms with Crippen LogP contribution in [0.4, 0.5) is 0 Å². The van der Waals surface area contributed by atoms with E-state index < -0.39 is 0 Å². The lowest BCUT2D eigenvalue weighted by Crippen LogP contribution is -2.35. The summed E-state index contributed by atoms with van der Waals surface area (Å²) in [6.07, 6.45) is 3.93. The monoisotopic (exact) mass is 259 g/mol. The first-order chi connectivity index (χ1) is 8.93. The fraction of sp³-hybridized carbons (Fsp3) is 0.429. The van der Waals surface area contributed by atoms with Gasteiger partial charge in [-0.2, -0.15) is 5.10 Å². The SMILES string of the molecule is c1ccc(C2=NN=C(N3CCCCC3)SC2)cc1. The highest BCUT2D eigenvalue weighted by atomic mass is 32.2. The molecule has 0 saturated carbocycles. The van der Waals surface area contributed by atoms with Crippen molar-refractivity contribution in [3.8, 4) is 0 Å². The van der Waals surface area contributed by atoms with Gasteiger partial charge in [0.25, 0.3) is 0 Å². The molecule has 3 nitrogen and oxygen atoms in total. The van der Waals surface area contributed by atoms with Crippen molar-refractivity contribution in [2.75, 3.05) is 18.8 Å². The molecule has 0 aliphatic carbocycles. The van der Waals surface area contributed by atoms with Gasteiger partial charge >= 0.3 is 0 Å². The molecule has 0 radical (unpaired) electrons. The molecule has 0 atom stereocenters. The van der Waals surface area contributed by atoms with Gasteiger partial charge in [0.1, 0.15) is 0 Å². The summed E-state index contributed by atoms with van der Waals surface area (Å²) in [6, 6.07) is 10.3. The summed E-state index contributed by atoms with van der Waals surface area (Å²) in [5, 5.41) is 9.91. The van der Waals surface area contributed by atoms with Crippen molar-refractivity contribution in [3.05, 3.63) is 35.9 Å². The summed E-state index contributed by atoms with van der Waals surface area (Å²) in [7, 11) is 0. The smallest absolute Gasteiger partial charge is 0.186 e. The van der Waals surface area contributed by atoms with Crippen molar-refractivity contribution in [3.63, 3.8) is 0 Å². The number of likely N-dealkylation sites (tertiary alicyclic amines) is 1. The summed E-state index contributed by atoms with van der Waals surface area (Å²) in [4.78, 5) is 2.37. The minimum Gasteiger partial charge on any atom is -0.350 e. The molecular formula is C14H17N3S. The molecule has 0 unspecified atom stereocenters. The molecule has 2 aliphatic heterocycles. The zero-order valence-electron chi connectivity index (χ0n) is 10.4. The van der Waals surface area contributed by atoms with E-state index in [2.05, 4.69) is 27.2 Å². The Morgan fingerprint density at radius 3 is 2.39 bits per heavy atom. The molecule has 94 valence electrons. The summed E-state index contributed by atoms with van der Waals surface area (Å²) < 4.78 is 0. The second kappa shape index (κ2) is 5.57. The fourth-order valence-electron chi connectivity index (χ4n) is 2.31. The summed E-state index contributed by atoms with van der Waals surface area (Å²) >= 11 is 1.82. The van der Waals surface area contributed by atoms with Gasteiger partial charge in [-0.15, -0.1) is 5.10 Å². The molecule has 1 aromatic carbocycles. The van der Waals surface area contributed by atoms with Crippen LogP contribution in [0, 0.1) is 0 Å². The van der Waals surface area contributed by atoms with Crippen molar-refractivity contribution in [1.82, 2.24) is 4.90 Å². The van der Waals surface area contributed by atoms with Gasteiger partial charge in [0, 0.05) is 18.8 Å². The van der Waals surface area contributed by atoms with Gasteiger partial charge < -0.3 is 4.90 Å². The number of hydrogen-bond donors (Lipinski definition) is 0. The number of hydrogen-bond acceptors (Lipinski definition) is 4. The van der Waals surface area contributed by atoms with Gasteiger partial charge in [-0.05, 0) is 24.8 Å². The second-order valence-electron chi connectivity index (χ2n) is 4.63. The lowest BCUT2D eigenvalue weighted by atomic mass is 10.1. The average Bonchev–Trinajstić information content (AvgIpc) is 2.49. The van der Waals surface area contributed by atoms with Gasteiger partial charge in [-0.3, -0.25) is 0 Å². The summed E-state index contributed by atoms with van der Waals surface area (Å²) in [6.45, 7) is 2.28. The first-order valence-electron chi connectivity index (χ1n) is 6.51. The second-order valence-corrected chi connectivity index (χ2v) is 5.57. The first kappa shape index (κ1) is 11.8. The number of rotatable bonds is 1. The third-order valence-electron chi connectivity index (χ3n) is 3.33. The van der Waals surface area contributed by atoms with Crippen LogP contribution in [0.1, 0.15) is 24.8 Å². The Balaban J connectivity index is 1.74. The molecule has 0 spiro atoms. The van der Waals surface area contributed by atoms with E-state index in [-0.39, 0.29) is 0 Å². The normalized spacial score (nSPS) is 20.3. The van der Waals surface area contributed by atoms with Crippen LogP contribution in [0.25, 0.3) is 0 Å². The number of amidine groups is 1. The van der Waals surface area contributed by atoms with Crippen LogP contribution in [-0.4, -0.2) is 34.6 Å². The largest absolute Gasteiger partial charge is 0.350 e.